The van der Waals surface area contributed by atoms with Gasteiger partial charge in [0.05, 0.1) is 0 Å². The summed E-state index contributed by atoms with van der Waals surface area (Å²) in [7, 11) is 0. The molecule has 2 aromatic heterocycles. The topological polar surface area (TPSA) is 27.1 Å². The first kappa shape index (κ1) is 16.8. The van der Waals surface area contributed by atoms with Gasteiger partial charge in [0.2, 0.25) is 5.88 Å². The highest BCUT2D eigenvalue weighted by Gasteiger charge is 2.17. The minimum absolute atomic E-state index is 0.413. The molecule has 126 valence electrons. The Morgan fingerprint density at radius 1 is 1.17 bits per heavy atom. The summed E-state index contributed by atoms with van der Waals surface area (Å²) >= 11 is 6.23. The van der Waals surface area contributed by atoms with Crippen LogP contribution in [0.25, 0.3) is 10.9 Å². The molecular weight excluding hydrogens is 320 g/mol. The van der Waals surface area contributed by atoms with Crippen molar-refractivity contribution in [1.29, 1.82) is 0 Å². The van der Waals surface area contributed by atoms with E-state index >= 15 is 0 Å². The number of halogens is 1. The largest absolute Gasteiger partial charge is 0.471 e. The molecule has 1 aromatic carbocycles. The summed E-state index contributed by atoms with van der Waals surface area (Å²) in [5.74, 6) is 1.22. The zero-order chi connectivity index (χ0) is 17.3. The van der Waals surface area contributed by atoms with E-state index in [0.29, 0.717) is 18.4 Å². The fraction of sp³-hybridized carbons (Fsp3) is 0.350. The molecule has 0 saturated heterocycles. The standard InChI is InChI=1S/C20H23ClN2O/c1-13(2)11-23-15(4)14(3)17-9-10-22-20(19(17)23)24-12-16-7-5-6-8-18(16)21/h5-10,13H,11-12H2,1-4H3. The number of hydrogen-bond donors (Lipinski definition) is 0. The van der Waals surface area contributed by atoms with Gasteiger partial charge in [-0.05, 0) is 37.5 Å². The SMILES string of the molecule is Cc1c(C)n(CC(C)C)c2c(OCc3ccccc3Cl)nccc12. The molecule has 3 nitrogen and oxygen atoms in total. The number of fused-ring (bicyclic) bond motifs is 1. The Balaban J connectivity index is 2.01. The molecule has 4 heteroatoms. The zero-order valence-electron chi connectivity index (χ0n) is 14.6. The van der Waals surface area contributed by atoms with Crippen molar-refractivity contribution in [2.75, 3.05) is 0 Å². The predicted molar refractivity (Wildman–Crippen MR) is 99.8 cm³/mol. The summed E-state index contributed by atoms with van der Waals surface area (Å²) in [5, 5.41) is 1.92. The fourth-order valence-electron chi connectivity index (χ4n) is 3.02. The molecule has 24 heavy (non-hydrogen) atoms. The van der Waals surface area contributed by atoms with Crippen LogP contribution in [0, 0.1) is 19.8 Å². The summed E-state index contributed by atoms with van der Waals surface area (Å²) in [6.45, 7) is 10.1. The Morgan fingerprint density at radius 3 is 2.62 bits per heavy atom. The van der Waals surface area contributed by atoms with Crippen LogP contribution in [0.15, 0.2) is 36.5 Å². The Kier molecular flexibility index (Phi) is 4.81. The first-order valence-electron chi connectivity index (χ1n) is 8.29. The summed E-state index contributed by atoms with van der Waals surface area (Å²) in [6.07, 6.45) is 1.82. The number of aryl methyl sites for hydroxylation is 1. The van der Waals surface area contributed by atoms with Crippen molar-refractivity contribution in [3.63, 3.8) is 0 Å². The number of aromatic nitrogens is 2. The van der Waals surface area contributed by atoms with Gasteiger partial charge < -0.3 is 9.30 Å². The first-order chi connectivity index (χ1) is 11.5. The molecule has 0 atom stereocenters. The van der Waals surface area contributed by atoms with Crippen molar-refractivity contribution < 1.29 is 4.74 Å². The van der Waals surface area contributed by atoms with Gasteiger partial charge in [-0.2, -0.15) is 0 Å². The van der Waals surface area contributed by atoms with Gasteiger partial charge in [-0.15, -0.1) is 0 Å². The van der Waals surface area contributed by atoms with E-state index in [1.165, 1.54) is 16.6 Å². The lowest BCUT2D eigenvalue weighted by molar-refractivity contribution is 0.296. The average Bonchev–Trinajstić information content (AvgIpc) is 2.79. The van der Waals surface area contributed by atoms with Crippen molar-refractivity contribution in [2.45, 2.75) is 40.8 Å². The zero-order valence-corrected chi connectivity index (χ0v) is 15.4. The Morgan fingerprint density at radius 2 is 1.92 bits per heavy atom. The van der Waals surface area contributed by atoms with Gasteiger partial charge in [0, 0.05) is 34.4 Å². The van der Waals surface area contributed by atoms with Crippen LogP contribution in [0.3, 0.4) is 0 Å². The van der Waals surface area contributed by atoms with Crippen LogP contribution in [0.1, 0.15) is 30.7 Å². The van der Waals surface area contributed by atoms with Crippen LogP contribution in [0.2, 0.25) is 5.02 Å². The summed E-state index contributed by atoms with van der Waals surface area (Å²) in [4.78, 5) is 4.49. The average molecular weight is 343 g/mol. The number of benzene rings is 1. The van der Waals surface area contributed by atoms with Gasteiger partial charge in [-0.1, -0.05) is 43.6 Å². The van der Waals surface area contributed by atoms with E-state index in [9.17, 15) is 0 Å². The highest BCUT2D eigenvalue weighted by Crippen LogP contribution is 2.32. The Labute approximate surface area is 148 Å². The summed E-state index contributed by atoms with van der Waals surface area (Å²) in [6, 6.07) is 9.81. The van der Waals surface area contributed by atoms with E-state index in [1.54, 1.807) is 0 Å². The van der Waals surface area contributed by atoms with Crippen LogP contribution < -0.4 is 4.74 Å². The second-order valence-electron chi connectivity index (χ2n) is 6.61. The maximum Gasteiger partial charge on any atom is 0.238 e. The van der Waals surface area contributed by atoms with E-state index in [1.807, 2.05) is 30.5 Å². The van der Waals surface area contributed by atoms with E-state index in [2.05, 4.69) is 43.3 Å². The molecule has 0 N–H and O–H groups in total. The van der Waals surface area contributed by atoms with Crippen LogP contribution in [-0.4, -0.2) is 9.55 Å². The number of hydrogen-bond acceptors (Lipinski definition) is 2. The third kappa shape index (κ3) is 3.13. The number of nitrogens with zero attached hydrogens (tertiary/aromatic N) is 2. The second-order valence-corrected chi connectivity index (χ2v) is 7.01. The van der Waals surface area contributed by atoms with E-state index < -0.39 is 0 Å². The van der Waals surface area contributed by atoms with Gasteiger partial charge in [-0.25, -0.2) is 4.98 Å². The van der Waals surface area contributed by atoms with Crippen molar-refractivity contribution in [3.8, 4) is 5.88 Å². The lowest BCUT2D eigenvalue weighted by Gasteiger charge is -2.14. The van der Waals surface area contributed by atoms with E-state index in [-0.39, 0.29) is 0 Å². The van der Waals surface area contributed by atoms with Crippen molar-refractivity contribution in [1.82, 2.24) is 9.55 Å². The van der Waals surface area contributed by atoms with Crippen molar-refractivity contribution in [2.24, 2.45) is 5.92 Å². The normalized spacial score (nSPS) is 11.4. The monoisotopic (exact) mass is 342 g/mol. The quantitative estimate of drug-likeness (QED) is 0.608. The first-order valence-corrected chi connectivity index (χ1v) is 8.67. The molecule has 3 rings (SSSR count). The molecule has 0 aliphatic carbocycles. The number of pyridine rings is 1. The molecule has 2 heterocycles. The molecule has 0 bridgehead atoms. The summed E-state index contributed by atoms with van der Waals surface area (Å²) < 4.78 is 8.38. The van der Waals surface area contributed by atoms with E-state index in [0.717, 1.165) is 22.6 Å². The summed E-state index contributed by atoms with van der Waals surface area (Å²) in [5.41, 5.74) is 4.60. The third-order valence-corrected chi connectivity index (χ3v) is 4.75. The molecule has 0 radical (unpaired) electrons. The fourth-order valence-corrected chi connectivity index (χ4v) is 3.21. The molecule has 0 amide bonds. The smallest absolute Gasteiger partial charge is 0.238 e. The number of ether oxygens (including phenoxy) is 1. The number of rotatable bonds is 5. The van der Waals surface area contributed by atoms with Gasteiger partial charge in [0.25, 0.3) is 0 Å². The molecule has 0 saturated carbocycles. The highest BCUT2D eigenvalue weighted by molar-refractivity contribution is 6.31. The van der Waals surface area contributed by atoms with Crippen molar-refractivity contribution >= 4 is 22.5 Å². The molecule has 0 aliphatic heterocycles. The third-order valence-electron chi connectivity index (χ3n) is 4.38. The van der Waals surface area contributed by atoms with Crippen LogP contribution in [0.5, 0.6) is 5.88 Å². The molecule has 0 aliphatic rings. The van der Waals surface area contributed by atoms with Gasteiger partial charge >= 0.3 is 0 Å². The van der Waals surface area contributed by atoms with Crippen LogP contribution in [0.4, 0.5) is 0 Å². The molecule has 3 aromatic rings. The van der Waals surface area contributed by atoms with Gasteiger partial charge in [0.1, 0.15) is 12.1 Å². The lowest BCUT2D eigenvalue weighted by atomic mass is 10.2. The van der Waals surface area contributed by atoms with Crippen molar-refractivity contribution in [3.05, 3.63) is 58.4 Å². The minimum Gasteiger partial charge on any atom is -0.471 e. The Bertz CT molecular complexity index is 867. The molecule has 0 spiro atoms. The molecule has 0 unspecified atom stereocenters. The van der Waals surface area contributed by atoms with Gasteiger partial charge in [-0.3, -0.25) is 0 Å². The van der Waals surface area contributed by atoms with Gasteiger partial charge in [0.15, 0.2) is 0 Å². The molecular formula is C20H23ClN2O. The minimum atomic E-state index is 0.413. The van der Waals surface area contributed by atoms with Crippen LogP contribution in [-0.2, 0) is 13.2 Å². The highest BCUT2D eigenvalue weighted by atomic mass is 35.5. The lowest BCUT2D eigenvalue weighted by Crippen LogP contribution is -2.08. The molecule has 0 fully saturated rings. The maximum absolute atomic E-state index is 6.23. The second kappa shape index (κ2) is 6.86. The van der Waals surface area contributed by atoms with E-state index in [4.69, 9.17) is 16.3 Å². The maximum atomic E-state index is 6.23. The van der Waals surface area contributed by atoms with Crippen LogP contribution >= 0.6 is 11.6 Å². The predicted octanol–water partition coefficient (Wildman–Crippen LogP) is 5.54. The Hall–Kier alpha value is -2.00.